The molecule has 3 aromatic heterocycles. The van der Waals surface area contributed by atoms with Crippen LogP contribution in [0.4, 0.5) is 0 Å². The largest absolute Gasteiger partial charge is 0.471 e. The van der Waals surface area contributed by atoms with E-state index in [0.717, 1.165) is 29.1 Å². The maximum Gasteiger partial charge on any atom is 0.272 e. The number of hydrogen-bond donors (Lipinski definition) is 0. The van der Waals surface area contributed by atoms with Crippen LogP contribution >= 0.6 is 0 Å². The molecule has 0 aromatic carbocycles. The van der Waals surface area contributed by atoms with Gasteiger partial charge in [0, 0.05) is 62.3 Å². The molecule has 146 valence electrons. The Labute approximate surface area is 163 Å². The van der Waals surface area contributed by atoms with Crippen molar-refractivity contribution in [3.63, 3.8) is 0 Å². The van der Waals surface area contributed by atoms with E-state index >= 15 is 0 Å². The zero-order valence-electron chi connectivity index (χ0n) is 16.4. The summed E-state index contributed by atoms with van der Waals surface area (Å²) in [6.07, 6.45) is 2.44. The zero-order valence-corrected chi connectivity index (χ0v) is 16.4. The summed E-state index contributed by atoms with van der Waals surface area (Å²) in [7, 11) is 1.94. The number of ether oxygens (including phenoxy) is 1. The van der Waals surface area contributed by atoms with Crippen LogP contribution in [-0.4, -0.2) is 41.9 Å². The molecular formula is C20H24N6O2. The summed E-state index contributed by atoms with van der Waals surface area (Å²) in [6.45, 7) is 6.10. The van der Waals surface area contributed by atoms with Crippen LogP contribution in [0.1, 0.15) is 40.1 Å². The van der Waals surface area contributed by atoms with Crippen molar-refractivity contribution in [3.05, 3.63) is 58.8 Å². The van der Waals surface area contributed by atoms with Gasteiger partial charge in [0.1, 0.15) is 18.0 Å². The zero-order chi connectivity index (χ0) is 19.7. The first-order valence-electron chi connectivity index (χ1n) is 9.48. The normalized spacial score (nSPS) is 13.5. The lowest BCUT2D eigenvalue weighted by Crippen LogP contribution is -2.37. The maximum atomic E-state index is 13.0. The smallest absolute Gasteiger partial charge is 0.272 e. The summed E-state index contributed by atoms with van der Waals surface area (Å²) >= 11 is 0. The molecule has 4 heterocycles. The minimum absolute atomic E-state index is 0.000993. The predicted molar refractivity (Wildman–Crippen MR) is 103 cm³/mol. The minimum atomic E-state index is 0.000993. The van der Waals surface area contributed by atoms with Crippen molar-refractivity contribution in [2.45, 2.75) is 40.0 Å². The lowest BCUT2D eigenvalue weighted by Gasteiger charge is -2.27. The molecule has 0 saturated carbocycles. The van der Waals surface area contributed by atoms with Crippen molar-refractivity contribution >= 4 is 5.91 Å². The van der Waals surface area contributed by atoms with Gasteiger partial charge < -0.3 is 9.64 Å². The highest BCUT2D eigenvalue weighted by atomic mass is 16.5. The Morgan fingerprint density at radius 1 is 1.29 bits per heavy atom. The Hall–Kier alpha value is -3.16. The first-order chi connectivity index (χ1) is 13.6. The standard InChI is InChI=1S/C20H24N6O2/c1-4-26-18(8-10-21-26)20(27)25-11-9-17-15(12-25)16(23-24(17)3)13-28-19-7-5-6-14(2)22-19/h5-8,10H,4,9,11-13H2,1-3H3. The SMILES string of the molecule is CCn1nccc1C(=O)N1CCc2c(c(COc3cccc(C)n3)nn2C)C1. The molecule has 28 heavy (non-hydrogen) atoms. The van der Waals surface area contributed by atoms with E-state index in [1.807, 2.05) is 48.7 Å². The van der Waals surface area contributed by atoms with Gasteiger partial charge >= 0.3 is 0 Å². The van der Waals surface area contributed by atoms with Crippen molar-refractivity contribution in [3.8, 4) is 5.88 Å². The highest BCUT2D eigenvalue weighted by Gasteiger charge is 2.28. The number of hydrogen-bond acceptors (Lipinski definition) is 5. The number of aromatic nitrogens is 5. The first kappa shape index (κ1) is 18.2. The van der Waals surface area contributed by atoms with Gasteiger partial charge in [-0.05, 0) is 26.0 Å². The van der Waals surface area contributed by atoms with E-state index in [-0.39, 0.29) is 5.91 Å². The molecule has 0 fully saturated rings. The molecule has 3 aromatic rings. The average molecular weight is 380 g/mol. The van der Waals surface area contributed by atoms with Crippen LogP contribution in [0.3, 0.4) is 0 Å². The Morgan fingerprint density at radius 3 is 2.93 bits per heavy atom. The summed E-state index contributed by atoms with van der Waals surface area (Å²) in [4.78, 5) is 19.2. The second kappa shape index (κ2) is 7.46. The lowest BCUT2D eigenvalue weighted by molar-refractivity contribution is 0.0719. The molecule has 1 amide bonds. The third-order valence-electron chi connectivity index (χ3n) is 5.07. The van der Waals surface area contributed by atoms with Gasteiger partial charge in [-0.15, -0.1) is 0 Å². The fraction of sp³-hybridized carbons (Fsp3) is 0.400. The molecule has 8 nitrogen and oxygen atoms in total. The monoisotopic (exact) mass is 380 g/mol. The van der Waals surface area contributed by atoms with Gasteiger partial charge in [-0.3, -0.25) is 14.2 Å². The number of amides is 1. The number of pyridine rings is 1. The van der Waals surface area contributed by atoms with Gasteiger partial charge in [-0.2, -0.15) is 10.2 Å². The number of fused-ring (bicyclic) bond motifs is 1. The van der Waals surface area contributed by atoms with Gasteiger partial charge in [-0.25, -0.2) is 4.98 Å². The average Bonchev–Trinajstić information content (AvgIpc) is 3.30. The van der Waals surface area contributed by atoms with E-state index < -0.39 is 0 Å². The van der Waals surface area contributed by atoms with Crippen LogP contribution in [0, 0.1) is 6.92 Å². The molecule has 0 atom stereocenters. The fourth-order valence-corrected chi connectivity index (χ4v) is 3.63. The summed E-state index contributed by atoms with van der Waals surface area (Å²) in [5.74, 6) is 0.580. The van der Waals surface area contributed by atoms with E-state index in [1.165, 1.54) is 0 Å². The number of carbonyl (C=O) groups is 1. The highest BCUT2D eigenvalue weighted by molar-refractivity contribution is 5.92. The van der Waals surface area contributed by atoms with E-state index in [2.05, 4.69) is 15.2 Å². The van der Waals surface area contributed by atoms with Crippen LogP contribution in [-0.2, 0) is 33.2 Å². The van der Waals surface area contributed by atoms with Crippen molar-refractivity contribution < 1.29 is 9.53 Å². The molecule has 0 spiro atoms. The summed E-state index contributed by atoms with van der Waals surface area (Å²) in [5.41, 5.74) is 4.60. The quantitative estimate of drug-likeness (QED) is 0.677. The highest BCUT2D eigenvalue weighted by Crippen LogP contribution is 2.24. The van der Waals surface area contributed by atoms with E-state index in [9.17, 15) is 4.79 Å². The molecule has 1 aliphatic heterocycles. The lowest BCUT2D eigenvalue weighted by atomic mass is 10.0. The van der Waals surface area contributed by atoms with Gasteiger partial charge in [0.2, 0.25) is 5.88 Å². The molecule has 0 bridgehead atoms. The molecule has 4 rings (SSSR count). The van der Waals surface area contributed by atoms with Crippen molar-refractivity contribution in [2.24, 2.45) is 7.05 Å². The number of carbonyl (C=O) groups excluding carboxylic acids is 1. The molecule has 0 unspecified atom stereocenters. The van der Waals surface area contributed by atoms with Gasteiger partial charge in [0.25, 0.3) is 5.91 Å². The number of aryl methyl sites for hydroxylation is 3. The van der Waals surface area contributed by atoms with Crippen molar-refractivity contribution in [1.82, 2.24) is 29.4 Å². The molecule has 0 N–H and O–H groups in total. The first-order valence-corrected chi connectivity index (χ1v) is 9.48. The molecule has 0 radical (unpaired) electrons. The van der Waals surface area contributed by atoms with Crippen molar-refractivity contribution in [1.29, 1.82) is 0 Å². The Kier molecular flexibility index (Phi) is 4.85. The third-order valence-corrected chi connectivity index (χ3v) is 5.07. The summed E-state index contributed by atoms with van der Waals surface area (Å²) in [6, 6.07) is 7.46. The van der Waals surface area contributed by atoms with Crippen LogP contribution < -0.4 is 4.74 Å². The van der Waals surface area contributed by atoms with Crippen molar-refractivity contribution in [2.75, 3.05) is 6.54 Å². The molecule has 0 aliphatic carbocycles. The van der Waals surface area contributed by atoms with Gasteiger partial charge in [0.15, 0.2) is 0 Å². The molecular weight excluding hydrogens is 356 g/mol. The number of nitrogens with zero attached hydrogens (tertiary/aromatic N) is 6. The second-order valence-electron chi connectivity index (χ2n) is 6.91. The molecule has 0 saturated heterocycles. The maximum absolute atomic E-state index is 13.0. The Bertz CT molecular complexity index is 1010. The van der Waals surface area contributed by atoms with Crippen LogP contribution in [0.2, 0.25) is 0 Å². The van der Waals surface area contributed by atoms with E-state index in [0.29, 0.717) is 37.8 Å². The van der Waals surface area contributed by atoms with Gasteiger partial charge in [0.05, 0.1) is 0 Å². The Morgan fingerprint density at radius 2 is 2.14 bits per heavy atom. The third kappa shape index (κ3) is 3.37. The summed E-state index contributed by atoms with van der Waals surface area (Å²) < 4.78 is 9.48. The van der Waals surface area contributed by atoms with E-state index in [4.69, 9.17) is 4.74 Å². The molecule has 8 heteroatoms. The minimum Gasteiger partial charge on any atom is -0.471 e. The van der Waals surface area contributed by atoms with Crippen LogP contribution in [0.25, 0.3) is 0 Å². The van der Waals surface area contributed by atoms with Gasteiger partial charge in [-0.1, -0.05) is 6.07 Å². The molecule has 1 aliphatic rings. The number of rotatable bonds is 5. The predicted octanol–water partition coefficient (Wildman–Crippen LogP) is 2.12. The topological polar surface area (TPSA) is 78.1 Å². The Balaban J connectivity index is 1.53. The van der Waals surface area contributed by atoms with E-state index in [1.54, 1.807) is 16.9 Å². The van der Waals surface area contributed by atoms with Crippen LogP contribution in [0.15, 0.2) is 30.5 Å². The summed E-state index contributed by atoms with van der Waals surface area (Å²) in [5, 5.41) is 8.84. The fourth-order valence-electron chi connectivity index (χ4n) is 3.63. The second-order valence-corrected chi connectivity index (χ2v) is 6.91. The van der Waals surface area contributed by atoms with Crippen LogP contribution in [0.5, 0.6) is 5.88 Å².